The van der Waals surface area contributed by atoms with Gasteiger partial charge in [0.15, 0.2) is 11.5 Å². The van der Waals surface area contributed by atoms with E-state index in [0.717, 1.165) is 20.3 Å². The van der Waals surface area contributed by atoms with Crippen LogP contribution in [0.5, 0.6) is 17.2 Å². The summed E-state index contributed by atoms with van der Waals surface area (Å²) in [6, 6.07) is 8.59. The van der Waals surface area contributed by atoms with Gasteiger partial charge in [0.1, 0.15) is 5.75 Å². The predicted molar refractivity (Wildman–Crippen MR) is 108 cm³/mol. The van der Waals surface area contributed by atoms with E-state index >= 15 is 0 Å². The first-order valence-corrected chi connectivity index (χ1v) is 9.26. The molecule has 1 N–H and O–H groups in total. The zero-order valence-electron chi connectivity index (χ0n) is 14.5. The van der Waals surface area contributed by atoms with Gasteiger partial charge < -0.3 is 14.2 Å². The molecule has 0 bridgehead atoms. The second-order valence-electron chi connectivity index (χ2n) is 5.02. The maximum Gasteiger partial charge on any atom is 0.271 e. The lowest BCUT2D eigenvalue weighted by molar-refractivity contribution is 0.0954. The molecule has 0 saturated heterocycles. The van der Waals surface area contributed by atoms with Crippen molar-refractivity contribution in [2.24, 2.45) is 5.10 Å². The monoisotopic (exact) mass is 484 g/mol. The van der Waals surface area contributed by atoms with Crippen LogP contribution in [0.25, 0.3) is 0 Å². The van der Waals surface area contributed by atoms with Crippen LogP contribution in [0.3, 0.4) is 0 Å². The molecule has 0 unspecified atom stereocenters. The molecule has 2 aromatic carbocycles. The zero-order chi connectivity index (χ0) is 19.1. The van der Waals surface area contributed by atoms with E-state index in [-0.39, 0.29) is 5.91 Å². The van der Waals surface area contributed by atoms with Crippen molar-refractivity contribution in [3.05, 3.63) is 50.4 Å². The molecule has 0 aliphatic heterocycles. The van der Waals surface area contributed by atoms with E-state index in [1.54, 1.807) is 24.4 Å². The SMILES string of the molecule is CCOc1c(Br)cc(/C=N/NC(=O)c2ccc(OC)c(OC)c2)cc1Br. The average molecular weight is 486 g/mol. The maximum atomic E-state index is 12.2. The van der Waals surface area contributed by atoms with Crippen LogP contribution in [-0.2, 0) is 0 Å². The predicted octanol–water partition coefficient (Wildman–Crippen LogP) is 4.39. The van der Waals surface area contributed by atoms with Crippen LogP contribution in [0, 0.1) is 0 Å². The number of nitrogens with one attached hydrogen (secondary N) is 1. The fourth-order valence-electron chi connectivity index (χ4n) is 2.14. The van der Waals surface area contributed by atoms with Crippen molar-refractivity contribution in [1.82, 2.24) is 5.43 Å². The molecule has 138 valence electrons. The Balaban J connectivity index is 2.09. The lowest BCUT2D eigenvalue weighted by Gasteiger charge is -2.09. The Morgan fingerprint density at radius 2 is 1.77 bits per heavy atom. The third-order valence-electron chi connectivity index (χ3n) is 3.33. The molecule has 0 atom stereocenters. The first-order valence-electron chi connectivity index (χ1n) is 7.67. The zero-order valence-corrected chi connectivity index (χ0v) is 17.7. The molecular formula is C18H18Br2N2O4. The lowest BCUT2D eigenvalue weighted by Crippen LogP contribution is -2.17. The first kappa shape index (κ1) is 20.3. The molecule has 0 aliphatic rings. The summed E-state index contributed by atoms with van der Waals surface area (Å²) < 4.78 is 17.5. The number of carbonyl (C=O) groups excluding carboxylic acids is 1. The smallest absolute Gasteiger partial charge is 0.271 e. The number of hydrazone groups is 1. The number of hydrogen-bond donors (Lipinski definition) is 1. The molecule has 0 heterocycles. The number of methoxy groups -OCH3 is 2. The van der Waals surface area contributed by atoms with Crippen LogP contribution in [0.2, 0.25) is 0 Å². The number of ether oxygens (including phenoxy) is 3. The van der Waals surface area contributed by atoms with Crippen molar-refractivity contribution in [2.45, 2.75) is 6.92 Å². The highest BCUT2D eigenvalue weighted by molar-refractivity contribution is 9.11. The van der Waals surface area contributed by atoms with Crippen LogP contribution >= 0.6 is 31.9 Å². The van der Waals surface area contributed by atoms with E-state index < -0.39 is 0 Å². The Labute approximate surface area is 168 Å². The van der Waals surface area contributed by atoms with Crippen LogP contribution in [0.1, 0.15) is 22.8 Å². The van der Waals surface area contributed by atoms with Gasteiger partial charge in [0.2, 0.25) is 0 Å². The van der Waals surface area contributed by atoms with Gasteiger partial charge in [0, 0.05) is 5.56 Å². The highest BCUT2D eigenvalue weighted by Gasteiger charge is 2.10. The molecule has 0 aromatic heterocycles. The second kappa shape index (κ2) is 9.59. The van der Waals surface area contributed by atoms with E-state index in [0.29, 0.717) is 23.7 Å². The topological polar surface area (TPSA) is 69.2 Å². The number of carbonyl (C=O) groups is 1. The molecule has 2 aromatic rings. The van der Waals surface area contributed by atoms with Crippen molar-refractivity contribution in [3.63, 3.8) is 0 Å². The third-order valence-corrected chi connectivity index (χ3v) is 4.51. The summed E-state index contributed by atoms with van der Waals surface area (Å²) in [6.07, 6.45) is 1.55. The second-order valence-corrected chi connectivity index (χ2v) is 6.72. The Morgan fingerprint density at radius 3 is 2.35 bits per heavy atom. The molecular weight excluding hydrogens is 468 g/mol. The number of hydrogen-bond acceptors (Lipinski definition) is 5. The van der Waals surface area contributed by atoms with E-state index in [4.69, 9.17) is 14.2 Å². The van der Waals surface area contributed by atoms with Gasteiger partial charge in [-0.2, -0.15) is 5.10 Å². The molecule has 8 heteroatoms. The molecule has 0 spiro atoms. The van der Waals surface area contributed by atoms with Gasteiger partial charge in [-0.3, -0.25) is 4.79 Å². The van der Waals surface area contributed by atoms with Crippen molar-refractivity contribution < 1.29 is 19.0 Å². The van der Waals surface area contributed by atoms with Crippen LogP contribution in [0.15, 0.2) is 44.4 Å². The van der Waals surface area contributed by atoms with Gasteiger partial charge >= 0.3 is 0 Å². The Kier molecular flexibility index (Phi) is 7.47. The standard InChI is InChI=1S/C18H18Br2N2O4/c1-4-26-17-13(19)7-11(8-14(17)20)10-21-22-18(23)12-5-6-15(24-2)16(9-12)25-3/h5-10H,4H2,1-3H3,(H,22,23)/b21-10+. The lowest BCUT2D eigenvalue weighted by atomic mass is 10.2. The molecule has 0 saturated carbocycles. The molecule has 26 heavy (non-hydrogen) atoms. The number of amides is 1. The van der Waals surface area contributed by atoms with E-state index in [1.807, 2.05) is 19.1 Å². The molecule has 0 radical (unpaired) electrons. The van der Waals surface area contributed by atoms with Gasteiger partial charge in [-0.1, -0.05) is 0 Å². The first-order chi connectivity index (χ1) is 12.5. The van der Waals surface area contributed by atoms with E-state index in [2.05, 4.69) is 42.4 Å². The van der Waals surface area contributed by atoms with Crippen molar-refractivity contribution in [1.29, 1.82) is 0 Å². The largest absolute Gasteiger partial charge is 0.493 e. The van der Waals surface area contributed by atoms with Gasteiger partial charge in [-0.15, -0.1) is 0 Å². The minimum atomic E-state index is -0.355. The normalized spacial score (nSPS) is 10.7. The summed E-state index contributed by atoms with van der Waals surface area (Å²) in [4.78, 5) is 12.2. The fraction of sp³-hybridized carbons (Fsp3) is 0.222. The summed E-state index contributed by atoms with van der Waals surface area (Å²) in [5.41, 5.74) is 3.69. The van der Waals surface area contributed by atoms with Crippen molar-refractivity contribution in [2.75, 3.05) is 20.8 Å². The summed E-state index contributed by atoms with van der Waals surface area (Å²) in [6.45, 7) is 2.48. The van der Waals surface area contributed by atoms with Gasteiger partial charge in [0.25, 0.3) is 5.91 Å². The molecule has 0 aliphatic carbocycles. The van der Waals surface area contributed by atoms with Crippen molar-refractivity contribution in [3.8, 4) is 17.2 Å². The Hall–Kier alpha value is -2.06. The number of benzene rings is 2. The molecule has 1 amide bonds. The Morgan fingerprint density at radius 1 is 1.12 bits per heavy atom. The van der Waals surface area contributed by atoms with Gasteiger partial charge in [0.05, 0.1) is 36.0 Å². The number of halogens is 2. The van der Waals surface area contributed by atoms with Gasteiger partial charge in [-0.05, 0) is 74.7 Å². The number of rotatable bonds is 7. The van der Waals surface area contributed by atoms with E-state index in [1.165, 1.54) is 14.2 Å². The minimum absolute atomic E-state index is 0.355. The molecule has 0 fully saturated rings. The van der Waals surface area contributed by atoms with Crippen LogP contribution < -0.4 is 19.6 Å². The summed E-state index contributed by atoms with van der Waals surface area (Å²) in [7, 11) is 3.05. The van der Waals surface area contributed by atoms with Crippen LogP contribution in [0.4, 0.5) is 0 Å². The highest BCUT2D eigenvalue weighted by atomic mass is 79.9. The van der Waals surface area contributed by atoms with E-state index in [9.17, 15) is 4.79 Å². The number of nitrogens with zero attached hydrogens (tertiary/aromatic N) is 1. The minimum Gasteiger partial charge on any atom is -0.493 e. The third kappa shape index (κ3) is 4.98. The quantitative estimate of drug-likeness (QED) is 0.466. The average Bonchev–Trinajstić information content (AvgIpc) is 2.64. The highest BCUT2D eigenvalue weighted by Crippen LogP contribution is 2.34. The summed E-state index contributed by atoms with van der Waals surface area (Å²) in [5.74, 6) is 1.39. The van der Waals surface area contributed by atoms with Crippen molar-refractivity contribution >= 4 is 44.0 Å². The Bertz CT molecular complexity index is 802. The van der Waals surface area contributed by atoms with Crippen LogP contribution in [-0.4, -0.2) is 32.9 Å². The molecule has 6 nitrogen and oxygen atoms in total. The summed E-state index contributed by atoms with van der Waals surface area (Å²) in [5, 5.41) is 3.99. The summed E-state index contributed by atoms with van der Waals surface area (Å²) >= 11 is 6.91. The van der Waals surface area contributed by atoms with Gasteiger partial charge in [-0.25, -0.2) is 5.43 Å². The molecule has 2 rings (SSSR count). The maximum absolute atomic E-state index is 12.2. The fourth-order valence-corrected chi connectivity index (χ4v) is 3.59.